The van der Waals surface area contributed by atoms with Gasteiger partial charge in [-0.15, -0.1) is 0 Å². The van der Waals surface area contributed by atoms with E-state index in [0.717, 1.165) is 16.8 Å². The maximum atomic E-state index is 13.1. The summed E-state index contributed by atoms with van der Waals surface area (Å²) in [7, 11) is 1.55. The number of Topliss-reactive ketones (excluding diaryl/α,β-unsaturated/α-hetero) is 1. The lowest BCUT2D eigenvalue weighted by Crippen LogP contribution is -2.34. The molecule has 0 saturated heterocycles. The largest absolute Gasteiger partial charge is 0.363 e. The molecule has 0 radical (unpaired) electrons. The minimum Gasteiger partial charge on any atom is -0.363 e. The van der Waals surface area contributed by atoms with Crippen molar-refractivity contribution >= 4 is 23.3 Å². The van der Waals surface area contributed by atoms with Crippen LogP contribution in [-0.4, -0.2) is 29.6 Å². The van der Waals surface area contributed by atoms with E-state index in [0.29, 0.717) is 28.5 Å². The summed E-state index contributed by atoms with van der Waals surface area (Å²) in [6.07, 6.45) is 4.66. The van der Waals surface area contributed by atoms with Crippen molar-refractivity contribution in [2.75, 3.05) is 7.11 Å². The lowest BCUT2D eigenvalue weighted by atomic mass is 10.1. The van der Waals surface area contributed by atoms with Crippen molar-refractivity contribution in [2.24, 2.45) is 0 Å². The molecule has 2 aromatic carbocycles. The number of carbonyl (C=O) groups excluding carboxylic acids is 2. The standard InChI is InChI=1S/C26H24ClN3O3/c1-17-22(25(31)26(32)29-21-12-13-28-24(14-21)33-2)15-23(19-6-4-3-5-7-19)30(17)16-18-8-10-20(27)11-9-18/h3-15,24,28H,16H2,1-2H3,(H,29,32). The molecular formula is C26H24ClN3O3. The van der Waals surface area contributed by atoms with Gasteiger partial charge in [-0.3, -0.25) is 9.59 Å². The average Bonchev–Trinajstić information content (AvgIpc) is 3.16. The van der Waals surface area contributed by atoms with E-state index in [9.17, 15) is 9.59 Å². The summed E-state index contributed by atoms with van der Waals surface area (Å²) < 4.78 is 7.26. The number of halogens is 1. The fourth-order valence-electron chi connectivity index (χ4n) is 3.73. The van der Waals surface area contributed by atoms with Gasteiger partial charge in [-0.1, -0.05) is 54.1 Å². The summed E-state index contributed by atoms with van der Waals surface area (Å²) >= 11 is 6.03. The molecular weight excluding hydrogens is 438 g/mol. The number of nitrogens with zero attached hydrogens (tertiary/aromatic N) is 1. The minimum atomic E-state index is -0.700. The Morgan fingerprint density at radius 1 is 1.12 bits per heavy atom. The first-order valence-corrected chi connectivity index (χ1v) is 10.9. The predicted molar refractivity (Wildman–Crippen MR) is 129 cm³/mol. The Morgan fingerprint density at radius 3 is 2.55 bits per heavy atom. The highest BCUT2D eigenvalue weighted by atomic mass is 35.5. The van der Waals surface area contributed by atoms with Gasteiger partial charge in [-0.2, -0.15) is 0 Å². The van der Waals surface area contributed by atoms with Crippen LogP contribution in [0.2, 0.25) is 5.02 Å². The van der Waals surface area contributed by atoms with Crippen molar-refractivity contribution in [1.29, 1.82) is 0 Å². The first-order chi connectivity index (χ1) is 16.0. The van der Waals surface area contributed by atoms with Crippen molar-refractivity contribution in [2.45, 2.75) is 19.7 Å². The Bertz CT molecular complexity index is 1230. The van der Waals surface area contributed by atoms with E-state index in [-0.39, 0.29) is 6.23 Å². The molecule has 0 bridgehead atoms. The lowest BCUT2D eigenvalue weighted by molar-refractivity contribution is -0.116. The van der Waals surface area contributed by atoms with Crippen LogP contribution in [0, 0.1) is 6.92 Å². The van der Waals surface area contributed by atoms with Gasteiger partial charge in [0.15, 0.2) is 0 Å². The summed E-state index contributed by atoms with van der Waals surface area (Å²) in [4.78, 5) is 25.9. The Hall–Kier alpha value is -3.61. The Labute approximate surface area is 197 Å². The summed E-state index contributed by atoms with van der Waals surface area (Å²) in [6.45, 7) is 2.39. The number of methoxy groups -OCH3 is 1. The van der Waals surface area contributed by atoms with E-state index in [4.69, 9.17) is 16.3 Å². The number of hydrogen-bond donors (Lipinski definition) is 2. The number of aromatic nitrogens is 1. The van der Waals surface area contributed by atoms with E-state index in [2.05, 4.69) is 10.6 Å². The second-order valence-electron chi connectivity index (χ2n) is 7.67. The van der Waals surface area contributed by atoms with Crippen molar-refractivity contribution in [3.05, 3.63) is 107 Å². The van der Waals surface area contributed by atoms with Gasteiger partial charge >= 0.3 is 0 Å². The Morgan fingerprint density at radius 2 is 1.85 bits per heavy atom. The van der Waals surface area contributed by atoms with E-state index in [1.807, 2.05) is 66.1 Å². The zero-order valence-corrected chi connectivity index (χ0v) is 19.1. The third-order valence-corrected chi connectivity index (χ3v) is 5.76. The van der Waals surface area contributed by atoms with Crippen molar-refractivity contribution in [3.8, 4) is 11.3 Å². The van der Waals surface area contributed by atoms with Crippen LogP contribution < -0.4 is 10.6 Å². The van der Waals surface area contributed by atoms with Gasteiger partial charge in [0.25, 0.3) is 11.7 Å². The third kappa shape index (κ3) is 5.08. The van der Waals surface area contributed by atoms with Gasteiger partial charge in [0.2, 0.25) is 0 Å². The molecule has 2 N–H and O–H groups in total. The Balaban J connectivity index is 1.66. The van der Waals surface area contributed by atoms with Gasteiger partial charge in [0.1, 0.15) is 6.23 Å². The van der Waals surface area contributed by atoms with Crippen LogP contribution in [0.1, 0.15) is 21.6 Å². The molecule has 2 heterocycles. The zero-order valence-electron chi connectivity index (χ0n) is 18.3. The number of ketones is 1. The normalized spacial score (nSPS) is 15.0. The molecule has 1 aliphatic heterocycles. The highest BCUT2D eigenvalue weighted by Crippen LogP contribution is 2.28. The van der Waals surface area contributed by atoms with E-state index in [1.165, 1.54) is 0 Å². The molecule has 168 valence electrons. The quantitative estimate of drug-likeness (QED) is 0.403. The maximum Gasteiger partial charge on any atom is 0.296 e. The number of benzene rings is 2. The molecule has 0 fully saturated rings. The number of dihydropyridines is 1. The molecule has 1 aromatic heterocycles. The van der Waals surface area contributed by atoms with Gasteiger partial charge < -0.3 is 19.9 Å². The second kappa shape index (κ2) is 9.90. The first-order valence-electron chi connectivity index (χ1n) is 10.5. The number of hydrogen-bond acceptors (Lipinski definition) is 4. The summed E-state index contributed by atoms with van der Waals surface area (Å²) in [5.74, 6) is -1.30. The van der Waals surface area contributed by atoms with Crippen LogP contribution in [0.4, 0.5) is 0 Å². The van der Waals surface area contributed by atoms with Crippen LogP contribution in [0.25, 0.3) is 11.3 Å². The maximum absolute atomic E-state index is 13.1. The van der Waals surface area contributed by atoms with E-state index >= 15 is 0 Å². The molecule has 6 nitrogen and oxygen atoms in total. The molecule has 33 heavy (non-hydrogen) atoms. The molecule has 0 spiro atoms. The Kier molecular flexibility index (Phi) is 6.77. The number of ether oxygens (including phenoxy) is 1. The number of allylic oxidation sites excluding steroid dienone is 1. The predicted octanol–water partition coefficient (Wildman–Crippen LogP) is 4.44. The summed E-state index contributed by atoms with van der Waals surface area (Å²) in [5, 5.41) is 6.31. The van der Waals surface area contributed by atoms with Crippen LogP contribution >= 0.6 is 11.6 Å². The molecule has 1 atom stereocenters. The van der Waals surface area contributed by atoms with Gasteiger partial charge in [-0.05, 0) is 48.4 Å². The van der Waals surface area contributed by atoms with Crippen LogP contribution in [0.3, 0.4) is 0 Å². The molecule has 1 amide bonds. The highest BCUT2D eigenvalue weighted by molar-refractivity contribution is 6.43. The van der Waals surface area contributed by atoms with E-state index < -0.39 is 11.7 Å². The minimum absolute atomic E-state index is 0.363. The fourth-order valence-corrected chi connectivity index (χ4v) is 3.85. The van der Waals surface area contributed by atoms with E-state index in [1.54, 1.807) is 31.5 Å². The van der Waals surface area contributed by atoms with Crippen LogP contribution in [-0.2, 0) is 16.1 Å². The second-order valence-corrected chi connectivity index (χ2v) is 8.11. The lowest BCUT2D eigenvalue weighted by Gasteiger charge is -2.17. The van der Waals surface area contributed by atoms with Crippen molar-refractivity contribution in [3.63, 3.8) is 0 Å². The summed E-state index contributed by atoms with van der Waals surface area (Å²) in [6, 6.07) is 19.2. The van der Waals surface area contributed by atoms with Gasteiger partial charge in [0.05, 0.1) is 0 Å². The van der Waals surface area contributed by atoms with Crippen molar-refractivity contribution in [1.82, 2.24) is 15.2 Å². The molecule has 7 heteroatoms. The number of amides is 1. The molecule has 1 aliphatic rings. The van der Waals surface area contributed by atoms with Crippen LogP contribution in [0.5, 0.6) is 0 Å². The number of carbonyl (C=O) groups is 2. The molecule has 0 aliphatic carbocycles. The SMILES string of the molecule is COC1C=C(NC(=O)C(=O)c2cc(-c3ccccc3)n(Cc3ccc(Cl)cc3)c2C)C=CN1. The summed E-state index contributed by atoms with van der Waals surface area (Å²) in [5.41, 5.74) is 4.44. The topological polar surface area (TPSA) is 72.4 Å². The monoisotopic (exact) mass is 461 g/mol. The molecule has 1 unspecified atom stereocenters. The molecule has 0 saturated carbocycles. The molecule has 3 aromatic rings. The van der Waals surface area contributed by atoms with Crippen LogP contribution in [0.15, 0.2) is 84.7 Å². The fraction of sp³-hybridized carbons (Fsp3) is 0.154. The number of nitrogens with one attached hydrogen (secondary N) is 2. The first kappa shape index (κ1) is 22.6. The third-order valence-electron chi connectivity index (χ3n) is 5.51. The van der Waals surface area contributed by atoms with Gasteiger partial charge in [0, 0.05) is 47.5 Å². The average molecular weight is 462 g/mol. The molecule has 4 rings (SSSR count). The van der Waals surface area contributed by atoms with Crippen molar-refractivity contribution < 1.29 is 14.3 Å². The smallest absolute Gasteiger partial charge is 0.296 e. The van der Waals surface area contributed by atoms with Gasteiger partial charge in [-0.25, -0.2) is 0 Å². The number of rotatable bonds is 7. The zero-order chi connectivity index (χ0) is 23.4. The highest BCUT2D eigenvalue weighted by Gasteiger charge is 2.24.